The number of nitrogens with zero attached hydrogens (tertiary/aromatic N) is 4. The van der Waals surface area contributed by atoms with Gasteiger partial charge in [-0.3, -0.25) is 0 Å². The third-order valence-electron chi connectivity index (χ3n) is 4.55. The van der Waals surface area contributed by atoms with Crippen LogP contribution in [0.4, 0.5) is 11.9 Å². The van der Waals surface area contributed by atoms with Gasteiger partial charge in [0.05, 0.1) is 0 Å². The second kappa shape index (κ2) is 4.07. The highest BCUT2D eigenvalue weighted by atomic mass is 15.3. The first-order chi connectivity index (χ1) is 8.56. The van der Waals surface area contributed by atoms with Gasteiger partial charge in [-0.25, -0.2) is 0 Å². The van der Waals surface area contributed by atoms with Crippen molar-refractivity contribution < 1.29 is 0 Å². The van der Waals surface area contributed by atoms with Crippen LogP contribution >= 0.6 is 0 Å². The average molecular weight is 247 g/mol. The van der Waals surface area contributed by atoms with E-state index in [-0.39, 0.29) is 0 Å². The SMILES string of the molecule is Cc1nc(N)nc(N(C)CC23CCC(CC2)C3)n1. The van der Waals surface area contributed by atoms with Crippen LogP contribution in [0, 0.1) is 18.3 Å². The summed E-state index contributed by atoms with van der Waals surface area (Å²) < 4.78 is 0. The van der Waals surface area contributed by atoms with E-state index in [0.29, 0.717) is 23.1 Å². The van der Waals surface area contributed by atoms with Gasteiger partial charge in [0, 0.05) is 13.6 Å². The number of hydrogen-bond acceptors (Lipinski definition) is 5. The largest absolute Gasteiger partial charge is 0.368 e. The molecule has 1 aromatic heterocycles. The van der Waals surface area contributed by atoms with Crippen molar-refractivity contribution in [1.29, 1.82) is 0 Å². The summed E-state index contributed by atoms with van der Waals surface area (Å²) in [6.45, 7) is 2.90. The maximum atomic E-state index is 5.69. The van der Waals surface area contributed by atoms with Crippen LogP contribution in [0.25, 0.3) is 0 Å². The zero-order chi connectivity index (χ0) is 12.8. The Morgan fingerprint density at radius 1 is 1.28 bits per heavy atom. The zero-order valence-electron chi connectivity index (χ0n) is 11.2. The fraction of sp³-hybridized carbons (Fsp3) is 0.769. The van der Waals surface area contributed by atoms with Gasteiger partial charge in [-0.05, 0) is 50.4 Å². The molecule has 0 amide bonds. The first kappa shape index (κ1) is 11.7. The summed E-state index contributed by atoms with van der Waals surface area (Å²) in [5.41, 5.74) is 6.20. The van der Waals surface area contributed by atoms with E-state index in [9.17, 15) is 0 Å². The maximum Gasteiger partial charge on any atom is 0.230 e. The Morgan fingerprint density at radius 3 is 2.56 bits per heavy atom. The Balaban J connectivity index is 1.76. The van der Waals surface area contributed by atoms with Gasteiger partial charge in [0.1, 0.15) is 5.82 Å². The second-order valence-electron chi connectivity index (χ2n) is 6.04. The third kappa shape index (κ3) is 2.02. The molecule has 98 valence electrons. The van der Waals surface area contributed by atoms with Gasteiger partial charge in [-0.15, -0.1) is 0 Å². The van der Waals surface area contributed by atoms with Crippen LogP contribution in [-0.2, 0) is 0 Å². The number of aryl methyl sites for hydroxylation is 1. The Kier molecular flexibility index (Phi) is 2.64. The molecule has 0 unspecified atom stereocenters. The number of nitrogen functional groups attached to an aromatic ring is 1. The van der Waals surface area contributed by atoms with Crippen molar-refractivity contribution in [2.75, 3.05) is 24.2 Å². The van der Waals surface area contributed by atoms with Gasteiger partial charge in [0.15, 0.2) is 0 Å². The molecule has 0 spiro atoms. The molecule has 0 saturated heterocycles. The van der Waals surface area contributed by atoms with Crippen LogP contribution in [-0.4, -0.2) is 28.5 Å². The molecule has 2 saturated carbocycles. The number of rotatable bonds is 3. The van der Waals surface area contributed by atoms with Gasteiger partial charge < -0.3 is 10.6 Å². The summed E-state index contributed by atoms with van der Waals surface area (Å²) >= 11 is 0. The van der Waals surface area contributed by atoms with Gasteiger partial charge in [-0.1, -0.05) is 0 Å². The minimum absolute atomic E-state index is 0.317. The Hall–Kier alpha value is -1.39. The van der Waals surface area contributed by atoms with E-state index in [2.05, 4.69) is 26.9 Å². The minimum atomic E-state index is 0.317. The van der Waals surface area contributed by atoms with Crippen molar-refractivity contribution in [3.05, 3.63) is 5.82 Å². The zero-order valence-corrected chi connectivity index (χ0v) is 11.2. The van der Waals surface area contributed by atoms with Crippen LogP contribution in [0.5, 0.6) is 0 Å². The van der Waals surface area contributed by atoms with Crippen LogP contribution in [0.1, 0.15) is 37.9 Å². The molecule has 5 heteroatoms. The monoisotopic (exact) mass is 247 g/mol. The summed E-state index contributed by atoms with van der Waals surface area (Å²) in [5.74, 6) is 2.70. The highest BCUT2D eigenvalue weighted by molar-refractivity contribution is 5.34. The highest BCUT2D eigenvalue weighted by Gasteiger charge is 2.45. The molecule has 18 heavy (non-hydrogen) atoms. The topological polar surface area (TPSA) is 67.9 Å². The molecule has 2 fully saturated rings. The predicted octanol–water partition coefficient (Wildman–Crippen LogP) is 1.78. The first-order valence-electron chi connectivity index (χ1n) is 6.76. The maximum absolute atomic E-state index is 5.69. The van der Waals surface area contributed by atoms with Gasteiger partial charge in [-0.2, -0.15) is 15.0 Å². The van der Waals surface area contributed by atoms with E-state index in [1.54, 1.807) is 0 Å². The lowest BCUT2D eigenvalue weighted by atomic mass is 9.84. The van der Waals surface area contributed by atoms with E-state index in [4.69, 9.17) is 5.73 Å². The number of aromatic nitrogens is 3. The number of hydrogen-bond donors (Lipinski definition) is 1. The van der Waals surface area contributed by atoms with Crippen molar-refractivity contribution in [2.24, 2.45) is 11.3 Å². The summed E-state index contributed by atoms with van der Waals surface area (Å²) in [6, 6.07) is 0. The minimum Gasteiger partial charge on any atom is -0.368 e. The highest BCUT2D eigenvalue weighted by Crippen LogP contribution is 2.54. The lowest BCUT2D eigenvalue weighted by Gasteiger charge is -2.31. The molecule has 2 N–H and O–H groups in total. The molecule has 2 aliphatic carbocycles. The fourth-order valence-electron chi connectivity index (χ4n) is 3.77. The van der Waals surface area contributed by atoms with Crippen molar-refractivity contribution in [2.45, 2.75) is 39.0 Å². The summed E-state index contributed by atoms with van der Waals surface area (Å²) in [7, 11) is 2.06. The molecular weight excluding hydrogens is 226 g/mol. The predicted molar refractivity (Wildman–Crippen MR) is 71.3 cm³/mol. The van der Waals surface area contributed by atoms with Gasteiger partial charge in [0.2, 0.25) is 11.9 Å². The second-order valence-corrected chi connectivity index (χ2v) is 6.04. The van der Waals surface area contributed by atoms with Crippen LogP contribution in [0.2, 0.25) is 0 Å². The van der Waals surface area contributed by atoms with Crippen molar-refractivity contribution in [3.63, 3.8) is 0 Å². The molecule has 0 aliphatic heterocycles. The quantitative estimate of drug-likeness (QED) is 0.881. The number of fused-ring (bicyclic) bond motifs is 2. The summed E-state index contributed by atoms with van der Waals surface area (Å²) in [4.78, 5) is 14.8. The molecule has 2 bridgehead atoms. The molecule has 1 heterocycles. The normalized spacial score (nSPS) is 29.8. The Morgan fingerprint density at radius 2 is 2.00 bits per heavy atom. The van der Waals surface area contributed by atoms with E-state index >= 15 is 0 Å². The molecule has 0 radical (unpaired) electrons. The van der Waals surface area contributed by atoms with Crippen LogP contribution < -0.4 is 10.6 Å². The molecule has 1 aromatic rings. The smallest absolute Gasteiger partial charge is 0.230 e. The van der Waals surface area contributed by atoms with Gasteiger partial charge >= 0.3 is 0 Å². The third-order valence-corrected chi connectivity index (χ3v) is 4.55. The van der Waals surface area contributed by atoms with E-state index < -0.39 is 0 Å². The Bertz CT molecular complexity index is 430. The van der Waals surface area contributed by atoms with E-state index in [0.717, 1.165) is 12.5 Å². The molecule has 2 aliphatic rings. The number of anilines is 2. The van der Waals surface area contributed by atoms with Gasteiger partial charge in [0.25, 0.3) is 0 Å². The lowest BCUT2D eigenvalue weighted by Crippen LogP contribution is -2.34. The molecular formula is C13H21N5. The van der Waals surface area contributed by atoms with Crippen LogP contribution in [0.3, 0.4) is 0 Å². The van der Waals surface area contributed by atoms with Crippen molar-refractivity contribution >= 4 is 11.9 Å². The standard InChI is InChI=1S/C13H21N5/c1-9-15-11(14)17-12(16-9)18(2)8-13-5-3-10(7-13)4-6-13/h10H,3-8H2,1-2H3,(H2,14,15,16,17). The molecule has 3 rings (SSSR count). The van der Waals surface area contributed by atoms with E-state index in [1.807, 2.05) is 6.92 Å². The summed E-state index contributed by atoms with van der Waals surface area (Å²) in [5, 5.41) is 0. The van der Waals surface area contributed by atoms with Crippen molar-refractivity contribution in [3.8, 4) is 0 Å². The van der Waals surface area contributed by atoms with E-state index in [1.165, 1.54) is 32.1 Å². The average Bonchev–Trinajstić information content (AvgIpc) is 2.87. The van der Waals surface area contributed by atoms with Crippen LogP contribution in [0.15, 0.2) is 0 Å². The summed E-state index contributed by atoms with van der Waals surface area (Å²) in [6.07, 6.45) is 6.93. The molecule has 5 nitrogen and oxygen atoms in total. The first-order valence-corrected chi connectivity index (χ1v) is 6.76. The molecule has 0 atom stereocenters. The molecule has 0 aromatic carbocycles. The lowest BCUT2D eigenvalue weighted by molar-refractivity contribution is 0.301. The fourth-order valence-corrected chi connectivity index (χ4v) is 3.77. The van der Waals surface area contributed by atoms with Crippen molar-refractivity contribution in [1.82, 2.24) is 15.0 Å². The number of nitrogens with two attached hydrogens (primary N) is 1. The Labute approximate surface area is 108 Å².